The van der Waals surface area contributed by atoms with Crippen molar-refractivity contribution >= 4 is 37.8 Å². The molecule has 1 saturated heterocycles. The first-order valence-electron chi connectivity index (χ1n) is 6.88. The molecule has 1 aliphatic rings. The maximum absolute atomic E-state index is 12.1. The molecular weight excluding hydrogens is 310 g/mol. The number of hydrogen-bond donors (Lipinski definition) is 2. The molecule has 2 rings (SSSR count). The highest BCUT2D eigenvalue weighted by molar-refractivity contribution is 7.91. The Morgan fingerprint density at radius 2 is 2.19 bits per heavy atom. The van der Waals surface area contributed by atoms with Crippen LogP contribution in [0.5, 0.6) is 0 Å². The number of sulfone groups is 1. The van der Waals surface area contributed by atoms with Gasteiger partial charge in [-0.05, 0) is 12.3 Å². The van der Waals surface area contributed by atoms with Crippen LogP contribution in [0.3, 0.4) is 0 Å². The quantitative estimate of drug-likeness (QED) is 0.868. The standard InChI is InChI=1S/C13H21N3O3S2/c1-4-8-5-6-16(7-8)13-11(21(3,18)19)9(14)10(20-13)12(17)15-2/h8H,4-7,14H2,1-3H3,(H,15,17). The molecule has 1 fully saturated rings. The molecule has 0 aromatic carbocycles. The van der Waals surface area contributed by atoms with E-state index in [1.165, 1.54) is 18.4 Å². The molecule has 6 nitrogen and oxygen atoms in total. The second-order valence-electron chi connectivity index (χ2n) is 5.34. The van der Waals surface area contributed by atoms with Gasteiger partial charge in [0.05, 0.1) is 5.69 Å². The Balaban J connectivity index is 2.52. The van der Waals surface area contributed by atoms with Crippen LogP contribution < -0.4 is 16.0 Å². The van der Waals surface area contributed by atoms with Crippen molar-refractivity contribution in [3.05, 3.63) is 4.88 Å². The van der Waals surface area contributed by atoms with Crippen LogP contribution in [0.1, 0.15) is 29.4 Å². The summed E-state index contributed by atoms with van der Waals surface area (Å²) in [6.45, 7) is 3.74. The Bertz CT molecular complexity index is 652. The minimum atomic E-state index is -3.48. The van der Waals surface area contributed by atoms with Crippen molar-refractivity contribution in [1.82, 2.24) is 5.32 Å². The molecule has 2 heterocycles. The summed E-state index contributed by atoms with van der Waals surface area (Å²) in [5.41, 5.74) is 6.01. The third-order valence-corrected chi connectivity index (χ3v) is 6.39. The number of nitrogens with zero attached hydrogens (tertiary/aromatic N) is 1. The van der Waals surface area contributed by atoms with Crippen LogP contribution in [0.4, 0.5) is 10.7 Å². The van der Waals surface area contributed by atoms with Crippen molar-refractivity contribution in [2.24, 2.45) is 5.92 Å². The minimum absolute atomic E-state index is 0.0665. The van der Waals surface area contributed by atoms with E-state index in [2.05, 4.69) is 12.2 Å². The van der Waals surface area contributed by atoms with Crippen molar-refractivity contribution in [1.29, 1.82) is 0 Å². The summed E-state index contributed by atoms with van der Waals surface area (Å²) >= 11 is 1.17. The summed E-state index contributed by atoms with van der Waals surface area (Å²) in [5.74, 6) is 0.212. The third-order valence-electron chi connectivity index (χ3n) is 3.84. The van der Waals surface area contributed by atoms with Crippen LogP contribution in [-0.4, -0.2) is 40.7 Å². The molecule has 1 unspecified atom stereocenters. The average molecular weight is 331 g/mol. The molecule has 0 radical (unpaired) electrons. The molecule has 1 atom stereocenters. The Morgan fingerprint density at radius 3 is 2.67 bits per heavy atom. The molecule has 0 aliphatic carbocycles. The first kappa shape index (κ1) is 16.1. The van der Waals surface area contributed by atoms with Gasteiger partial charge in [-0.3, -0.25) is 4.79 Å². The molecule has 1 aromatic heterocycles. The van der Waals surface area contributed by atoms with Crippen molar-refractivity contribution in [2.75, 3.05) is 37.0 Å². The summed E-state index contributed by atoms with van der Waals surface area (Å²) < 4.78 is 24.1. The fourth-order valence-electron chi connectivity index (χ4n) is 2.62. The average Bonchev–Trinajstić information content (AvgIpc) is 3.00. The normalized spacial score (nSPS) is 19.0. The SMILES string of the molecule is CCC1CCN(c2sc(C(=O)NC)c(N)c2S(C)(=O)=O)C1. The summed E-state index contributed by atoms with van der Waals surface area (Å²) in [6, 6.07) is 0. The second kappa shape index (κ2) is 5.84. The highest BCUT2D eigenvalue weighted by Crippen LogP contribution is 2.43. The number of carbonyl (C=O) groups excluding carboxylic acids is 1. The molecular formula is C13H21N3O3S2. The largest absolute Gasteiger partial charge is 0.396 e. The number of thiophene rings is 1. The fourth-order valence-corrected chi connectivity index (χ4v) is 5.30. The number of hydrogen-bond acceptors (Lipinski definition) is 6. The van der Waals surface area contributed by atoms with Gasteiger partial charge in [0.15, 0.2) is 9.84 Å². The van der Waals surface area contributed by atoms with Crippen LogP contribution >= 0.6 is 11.3 Å². The Labute approximate surface area is 129 Å². The zero-order chi connectivity index (χ0) is 15.8. The van der Waals surface area contributed by atoms with Crippen LogP contribution in [0.2, 0.25) is 0 Å². The monoisotopic (exact) mass is 331 g/mol. The van der Waals surface area contributed by atoms with Gasteiger partial charge >= 0.3 is 0 Å². The molecule has 1 amide bonds. The molecule has 0 spiro atoms. The zero-order valence-corrected chi connectivity index (χ0v) is 14.1. The van der Waals surface area contributed by atoms with Gasteiger partial charge < -0.3 is 16.0 Å². The predicted octanol–water partition coefficient (Wildman–Crippen LogP) is 1.33. The summed E-state index contributed by atoms with van der Waals surface area (Å²) in [7, 11) is -1.98. The van der Waals surface area contributed by atoms with Gasteiger partial charge in [-0.25, -0.2) is 8.42 Å². The van der Waals surface area contributed by atoms with Gasteiger partial charge in [0.1, 0.15) is 14.8 Å². The topological polar surface area (TPSA) is 92.5 Å². The Hall–Kier alpha value is -1.28. The maximum atomic E-state index is 12.1. The molecule has 21 heavy (non-hydrogen) atoms. The first-order valence-corrected chi connectivity index (χ1v) is 9.59. The van der Waals surface area contributed by atoms with Gasteiger partial charge in [0.25, 0.3) is 5.91 Å². The van der Waals surface area contributed by atoms with Gasteiger partial charge in [0.2, 0.25) is 0 Å². The fraction of sp³-hybridized carbons (Fsp3) is 0.615. The van der Waals surface area contributed by atoms with Crippen molar-refractivity contribution in [2.45, 2.75) is 24.7 Å². The lowest BCUT2D eigenvalue weighted by molar-refractivity contribution is 0.0968. The molecule has 118 valence electrons. The zero-order valence-electron chi connectivity index (χ0n) is 12.5. The molecule has 8 heteroatoms. The van der Waals surface area contributed by atoms with Crippen LogP contribution in [-0.2, 0) is 9.84 Å². The van der Waals surface area contributed by atoms with Crippen LogP contribution in [0.15, 0.2) is 4.90 Å². The predicted molar refractivity (Wildman–Crippen MR) is 85.8 cm³/mol. The van der Waals surface area contributed by atoms with Crippen molar-refractivity contribution in [3.8, 4) is 0 Å². The van der Waals surface area contributed by atoms with E-state index < -0.39 is 9.84 Å². The summed E-state index contributed by atoms with van der Waals surface area (Å²) in [4.78, 5) is 14.3. The van der Waals surface area contributed by atoms with Crippen molar-refractivity contribution in [3.63, 3.8) is 0 Å². The number of amides is 1. The van der Waals surface area contributed by atoms with E-state index in [0.29, 0.717) is 10.9 Å². The summed E-state index contributed by atoms with van der Waals surface area (Å²) in [5, 5.41) is 3.10. The van der Waals surface area contributed by atoms with E-state index in [1.807, 2.05) is 4.90 Å². The number of rotatable bonds is 4. The number of nitrogens with two attached hydrogens (primary N) is 1. The lowest BCUT2D eigenvalue weighted by Gasteiger charge is -2.18. The first-order chi connectivity index (χ1) is 9.79. The van der Waals surface area contributed by atoms with Gasteiger partial charge in [-0.2, -0.15) is 0 Å². The highest BCUT2D eigenvalue weighted by atomic mass is 32.2. The van der Waals surface area contributed by atoms with E-state index in [-0.39, 0.29) is 21.4 Å². The highest BCUT2D eigenvalue weighted by Gasteiger charge is 2.32. The van der Waals surface area contributed by atoms with Gasteiger partial charge in [-0.1, -0.05) is 13.3 Å². The van der Waals surface area contributed by atoms with Gasteiger partial charge in [0, 0.05) is 26.4 Å². The maximum Gasteiger partial charge on any atom is 0.263 e. The van der Waals surface area contributed by atoms with Crippen molar-refractivity contribution < 1.29 is 13.2 Å². The molecule has 3 N–H and O–H groups in total. The smallest absolute Gasteiger partial charge is 0.263 e. The molecule has 0 saturated carbocycles. The number of nitrogen functional groups attached to an aromatic ring is 1. The number of nitrogens with one attached hydrogen (secondary N) is 1. The van der Waals surface area contributed by atoms with E-state index in [1.54, 1.807) is 0 Å². The van der Waals surface area contributed by atoms with E-state index in [4.69, 9.17) is 5.73 Å². The molecule has 1 aromatic rings. The lowest BCUT2D eigenvalue weighted by atomic mass is 10.1. The Kier molecular flexibility index (Phi) is 4.48. The Morgan fingerprint density at radius 1 is 1.52 bits per heavy atom. The molecule has 0 bridgehead atoms. The summed E-state index contributed by atoms with van der Waals surface area (Å²) in [6.07, 6.45) is 3.23. The van der Waals surface area contributed by atoms with E-state index in [9.17, 15) is 13.2 Å². The lowest BCUT2D eigenvalue weighted by Crippen LogP contribution is -2.20. The third kappa shape index (κ3) is 3.01. The van der Waals surface area contributed by atoms with E-state index in [0.717, 1.165) is 32.2 Å². The number of carbonyl (C=O) groups is 1. The second-order valence-corrected chi connectivity index (χ2v) is 8.29. The van der Waals surface area contributed by atoms with Crippen LogP contribution in [0, 0.1) is 5.92 Å². The minimum Gasteiger partial charge on any atom is -0.396 e. The molecule has 1 aliphatic heterocycles. The number of anilines is 2. The van der Waals surface area contributed by atoms with Gasteiger partial charge in [-0.15, -0.1) is 11.3 Å². The van der Waals surface area contributed by atoms with Crippen LogP contribution in [0.25, 0.3) is 0 Å². The van der Waals surface area contributed by atoms with E-state index >= 15 is 0 Å².